The molecule has 0 saturated carbocycles. The van der Waals surface area contributed by atoms with Crippen LogP contribution in [-0.4, -0.2) is 33.1 Å². The fraction of sp³-hybridized carbons (Fsp3) is 0.500. The first-order valence-electron chi connectivity index (χ1n) is 6.23. The van der Waals surface area contributed by atoms with E-state index in [9.17, 15) is 21.6 Å². The number of thioether (sulfide) groups is 1. The molecule has 22 heavy (non-hydrogen) atoms. The van der Waals surface area contributed by atoms with E-state index in [1.54, 1.807) is 0 Å². The summed E-state index contributed by atoms with van der Waals surface area (Å²) in [6.45, 7) is 4.65. The minimum atomic E-state index is -4.39. The first kappa shape index (κ1) is 21.5. The van der Waals surface area contributed by atoms with Crippen LogP contribution in [0.5, 0.6) is 0 Å². The maximum Gasteiger partial charge on any atom is 0.446 e. The number of nitrogens with one attached hydrogen (secondary N) is 2. The second-order valence-electron chi connectivity index (χ2n) is 4.33. The third-order valence-electron chi connectivity index (χ3n) is 2.50. The van der Waals surface area contributed by atoms with Gasteiger partial charge < -0.3 is 5.32 Å². The number of alkyl halides is 3. The number of hydrogen-bond acceptors (Lipinski definition) is 4. The lowest BCUT2D eigenvalue weighted by atomic mass is 10.3. The monoisotopic (exact) mass is 378 g/mol. The molecule has 2 N–H and O–H groups in total. The van der Waals surface area contributed by atoms with Crippen LogP contribution in [0.25, 0.3) is 0 Å². The summed E-state index contributed by atoms with van der Waals surface area (Å²) in [4.78, 5) is -0.111. The van der Waals surface area contributed by atoms with Crippen LogP contribution in [0.3, 0.4) is 0 Å². The minimum Gasteiger partial charge on any atom is -0.313 e. The summed E-state index contributed by atoms with van der Waals surface area (Å²) in [5.74, 6) is 0. The average Bonchev–Trinajstić information content (AvgIpc) is 2.36. The molecule has 0 aromatic heterocycles. The molecule has 1 rings (SSSR count). The van der Waals surface area contributed by atoms with Crippen molar-refractivity contribution in [3.05, 3.63) is 24.3 Å². The van der Waals surface area contributed by atoms with Crippen molar-refractivity contribution in [3.8, 4) is 0 Å². The molecule has 0 aliphatic heterocycles. The fourth-order valence-electron chi connectivity index (χ4n) is 1.56. The van der Waals surface area contributed by atoms with Crippen molar-refractivity contribution in [2.24, 2.45) is 0 Å². The second kappa shape index (κ2) is 8.97. The van der Waals surface area contributed by atoms with Gasteiger partial charge in [0.05, 0.1) is 4.90 Å². The van der Waals surface area contributed by atoms with E-state index in [-0.39, 0.29) is 46.5 Å². The standard InChI is InChI=1S/C12H17F3N2O2S2.ClH/c1-3-16-9(2)8-17-21(18,19)11-6-4-10(5-7-11)20-12(13,14)15;/h4-7,9,16-17H,3,8H2,1-2H3;1H/t9-;/m1./s1. The molecule has 0 radical (unpaired) electrons. The van der Waals surface area contributed by atoms with Crippen molar-refractivity contribution in [2.45, 2.75) is 35.2 Å². The lowest BCUT2D eigenvalue weighted by Crippen LogP contribution is -2.38. The summed E-state index contributed by atoms with van der Waals surface area (Å²) in [6, 6.07) is 4.56. The highest BCUT2D eigenvalue weighted by molar-refractivity contribution is 8.00. The number of likely N-dealkylation sites (N-methyl/N-ethyl adjacent to an activating group) is 1. The van der Waals surface area contributed by atoms with E-state index in [2.05, 4.69) is 10.0 Å². The Kier molecular flexibility index (Phi) is 8.78. The number of sulfonamides is 1. The van der Waals surface area contributed by atoms with Gasteiger partial charge in [-0.2, -0.15) is 13.2 Å². The van der Waals surface area contributed by atoms with E-state index < -0.39 is 15.5 Å². The maximum absolute atomic E-state index is 12.2. The van der Waals surface area contributed by atoms with E-state index in [0.29, 0.717) is 6.54 Å². The van der Waals surface area contributed by atoms with Crippen molar-refractivity contribution in [1.29, 1.82) is 0 Å². The predicted octanol–water partition coefficient (Wildman–Crippen LogP) is 3.00. The highest BCUT2D eigenvalue weighted by Crippen LogP contribution is 2.36. The van der Waals surface area contributed by atoms with Crippen molar-refractivity contribution in [3.63, 3.8) is 0 Å². The summed E-state index contributed by atoms with van der Waals surface area (Å²) in [7, 11) is -3.71. The van der Waals surface area contributed by atoms with E-state index in [0.717, 1.165) is 24.3 Å². The zero-order valence-electron chi connectivity index (χ0n) is 12.0. The number of benzene rings is 1. The largest absolute Gasteiger partial charge is 0.446 e. The summed E-state index contributed by atoms with van der Waals surface area (Å²) in [5.41, 5.74) is -4.39. The second-order valence-corrected chi connectivity index (χ2v) is 7.24. The van der Waals surface area contributed by atoms with Gasteiger partial charge in [0.25, 0.3) is 0 Å². The van der Waals surface area contributed by atoms with Crippen molar-refractivity contribution in [1.82, 2.24) is 10.0 Å². The van der Waals surface area contributed by atoms with Crippen LogP contribution in [0.4, 0.5) is 13.2 Å². The molecule has 0 saturated heterocycles. The van der Waals surface area contributed by atoms with Gasteiger partial charge in [-0.15, -0.1) is 12.4 Å². The molecule has 128 valence electrons. The Hall–Kier alpha value is -0.480. The van der Waals surface area contributed by atoms with Gasteiger partial charge in [-0.1, -0.05) is 6.92 Å². The predicted molar refractivity (Wildman–Crippen MR) is 83.9 cm³/mol. The topological polar surface area (TPSA) is 58.2 Å². The average molecular weight is 379 g/mol. The Bertz CT molecular complexity index is 550. The Balaban J connectivity index is 0.00000441. The normalized spacial score (nSPS) is 13.5. The van der Waals surface area contributed by atoms with E-state index in [1.165, 1.54) is 0 Å². The summed E-state index contributed by atoms with van der Waals surface area (Å²) in [6.07, 6.45) is 0. The highest BCUT2D eigenvalue weighted by Gasteiger charge is 2.29. The SMILES string of the molecule is CCN[C@H](C)CNS(=O)(=O)c1ccc(SC(F)(F)F)cc1.Cl. The zero-order chi connectivity index (χ0) is 16.1. The zero-order valence-corrected chi connectivity index (χ0v) is 14.4. The molecule has 1 atom stereocenters. The molecule has 0 unspecified atom stereocenters. The molecule has 0 aliphatic carbocycles. The van der Waals surface area contributed by atoms with Crippen LogP contribution < -0.4 is 10.0 Å². The molecule has 0 fully saturated rings. The minimum absolute atomic E-state index is 0. The molecule has 0 spiro atoms. The van der Waals surface area contributed by atoms with Crippen molar-refractivity contribution < 1.29 is 21.6 Å². The number of halogens is 4. The van der Waals surface area contributed by atoms with Gasteiger partial charge in [-0.05, 0) is 49.5 Å². The van der Waals surface area contributed by atoms with Gasteiger partial charge in [0.15, 0.2) is 0 Å². The molecule has 0 bridgehead atoms. The van der Waals surface area contributed by atoms with Crippen LogP contribution in [-0.2, 0) is 10.0 Å². The Morgan fingerprint density at radius 3 is 2.23 bits per heavy atom. The van der Waals surface area contributed by atoms with Crippen LogP contribution in [0.2, 0.25) is 0 Å². The van der Waals surface area contributed by atoms with Crippen LogP contribution in [0, 0.1) is 0 Å². The molecule has 0 amide bonds. The quantitative estimate of drug-likeness (QED) is 0.716. The van der Waals surface area contributed by atoms with Crippen LogP contribution >= 0.6 is 24.2 Å². The molecular weight excluding hydrogens is 361 g/mol. The maximum atomic E-state index is 12.2. The molecule has 0 heterocycles. The molecule has 4 nitrogen and oxygen atoms in total. The summed E-state index contributed by atoms with van der Waals surface area (Å²) in [5, 5.41) is 3.05. The smallest absolute Gasteiger partial charge is 0.313 e. The molecule has 1 aromatic carbocycles. The third-order valence-corrected chi connectivity index (χ3v) is 4.68. The van der Waals surface area contributed by atoms with E-state index in [4.69, 9.17) is 0 Å². The van der Waals surface area contributed by atoms with Gasteiger partial charge >= 0.3 is 5.51 Å². The van der Waals surface area contributed by atoms with E-state index in [1.807, 2.05) is 13.8 Å². The lowest BCUT2D eigenvalue weighted by Gasteiger charge is -2.13. The van der Waals surface area contributed by atoms with Crippen LogP contribution in [0.15, 0.2) is 34.1 Å². The van der Waals surface area contributed by atoms with Gasteiger partial charge in [0, 0.05) is 17.5 Å². The van der Waals surface area contributed by atoms with Gasteiger partial charge in [0.1, 0.15) is 0 Å². The number of hydrogen-bond donors (Lipinski definition) is 2. The first-order valence-corrected chi connectivity index (χ1v) is 8.53. The Morgan fingerprint density at radius 1 is 1.23 bits per heavy atom. The first-order chi connectivity index (χ1) is 9.64. The van der Waals surface area contributed by atoms with Crippen LogP contribution in [0.1, 0.15) is 13.8 Å². The lowest BCUT2D eigenvalue weighted by molar-refractivity contribution is -0.0328. The van der Waals surface area contributed by atoms with Gasteiger partial charge in [-0.3, -0.25) is 0 Å². The van der Waals surface area contributed by atoms with Gasteiger partial charge in [0.2, 0.25) is 10.0 Å². The Labute approximate surface area is 138 Å². The van der Waals surface area contributed by atoms with Gasteiger partial charge in [-0.25, -0.2) is 13.1 Å². The molecule has 10 heteroatoms. The van der Waals surface area contributed by atoms with Crippen molar-refractivity contribution >= 4 is 34.2 Å². The Morgan fingerprint density at radius 2 is 1.77 bits per heavy atom. The summed E-state index contributed by atoms with van der Waals surface area (Å²) < 4.78 is 62.9. The molecule has 1 aromatic rings. The molecular formula is C12H18ClF3N2O2S2. The fourth-order valence-corrected chi connectivity index (χ4v) is 3.23. The van der Waals surface area contributed by atoms with Crippen molar-refractivity contribution in [2.75, 3.05) is 13.1 Å². The molecule has 0 aliphatic rings. The van der Waals surface area contributed by atoms with E-state index >= 15 is 0 Å². The number of rotatable bonds is 7. The summed E-state index contributed by atoms with van der Waals surface area (Å²) >= 11 is -0.280. The third kappa shape index (κ3) is 7.68. The highest BCUT2D eigenvalue weighted by atomic mass is 35.5.